The average molecular weight is 262 g/mol. The number of carboxylic acid groups (broad SMARTS) is 1. The van der Waals surface area contributed by atoms with Gasteiger partial charge in [-0.3, -0.25) is 4.79 Å². The van der Waals surface area contributed by atoms with E-state index in [0.29, 0.717) is 6.54 Å². The lowest BCUT2D eigenvalue weighted by Crippen LogP contribution is -2.46. The summed E-state index contributed by atoms with van der Waals surface area (Å²) in [6.07, 6.45) is -0.691. The topological polar surface area (TPSA) is 96.9 Å². The first-order valence-electron chi connectivity index (χ1n) is 5.62. The maximum Gasteiger partial charge on any atom is 0.314 e. The van der Waals surface area contributed by atoms with E-state index in [1.54, 1.807) is 7.11 Å². The van der Waals surface area contributed by atoms with Gasteiger partial charge in [-0.05, 0) is 13.8 Å². The van der Waals surface area contributed by atoms with Crippen molar-refractivity contribution < 1.29 is 24.2 Å². The van der Waals surface area contributed by atoms with E-state index in [-0.39, 0.29) is 19.0 Å². The number of carbonyl (C=O) groups excluding carboxylic acids is 1. The molecule has 106 valence electrons. The molecule has 0 aliphatic rings. The van der Waals surface area contributed by atoms with E-state index in [1.807, 2.05) is 13.8 Å². The van der Waals surface area contributed by atoms with Crippen molar-refractivity contribution in [2.75, 3.05) is 27.3 Å². The van der Waals surface area contributed by atoms with Crippen molar-refractivity contribution in [1.82, 2.24) is 10.6 Å². The van der Waals surface area contributed by atoms with Gasteiger partial charge in [-0.1, -0.05) is 0 Å². The summed E-state index contributed by atoms with van der Waals surface area (Å²) in [6, 6.07) is -0.382. The minimum atomic E-state index is -0.968. The molecule has 0 spiro atoms. The molecule has 0 aromatic carbocycles. The summed E-state index contributed by atoms with van der Waals surface area (Å²) in [7, 11) is 2.97. The zero-order valence-electron chi connectivity index (χ0n) is 11.3. The molecule has 7 heteroatoms. The molecule has 1 unspecified atom stereocenters. The summed E-state index contributed by atoms with van der Waals surface area (Å²) in [5.41, 5.74) is -0.445. The van der Waals surface area contributed by atoms with Crippen molar-refractivity contribution in [3.63, 3.8) is 0 Å². The molecule has 0 bridgehead atoms. The van der Waals surface area contributed by atoms with Crippen molar-refractivity contribution in [2.45, 2.75) is 32.0 Å². The van der Waals surface area contributed by atoms with Crippen LogP contribution in [0.5, 0.6) is 0 Å². The van der Waals surface area contributed by atoms with Gasteiger partial charge in [0.15, 0.2) is 0 Å². The van der Waals surface area contributed by atoms with Gasteiger partial charge in [-0.2, -0.15) is 0 Å². The smallest absolute Gasteiger partial charge is 0.314 e. The largest absolute Gasteiger partial charge is 0.481 e. The van der Waals surface area contributed by atoms with Crippen LogP contribution < -0.4 is 10.6 Å². The van der Waals surface area contributed by atoms with Crippen LogP contribution in [0.25, 0.3) is 0 Å². The van der Waals surface area contributed by atoms with Crippen LogP contribution in [-0.2, 0) is 14.3 Å². The second-order valence-corrected chi connectivity index (χ2v) is 4.48. The Balaban J connectivity index is 3.91. The predicted molar refractivity (Wildman–Crippen MR) is 65.5 cm³/mol. The van der Waals surface area contributed by atoms with Crippen LogP contribution in [0.15, 0.2) is 0 Å². The lowest BCUT2D eigenvalue weighted by molar-refractivity contribution is -0.139. The van der Waals surface area contributed by atoms with E-state index in [0.717, 1.165) is 0 Å². The number of hydrogen-bond donors (Lipinski definition) is 3. The standard InChI is InChI=1S/C11H22N2O5/c1-11(2,18-4)7-13-10(16)12-6-8(17-3)5-9(14)15/h8H,5-7H2,1-4H3,(H,14,15)(H2,12,13,16). The van der Waals surface area contributed by atoms with Crippen LogP contribution in [0.2, 0.25) is 0 Å². The number of carbonyl (C=O) groups is 2. The molecule has 0 aromatic rings. The summed E-state index contributed by atoms with van der Waals surface area (Å²) in [5.74, 6) is -0.968. The van der Waals surface area contributed by atoms with E-state index in [4.69, 9.17) is 14.6 Å². The number of carboxylic acids is 1. The zero-order valence-corrected chi connectivity index (χ0v) is 11.3. The van der Waals surface area contributed by atoms with Crippen molar-refractivity contribution in [1.29, 1.82) is 0 Å². The molecule has 0 radical (unpaired) electrons. The Morgan fingerprint density at radius 3 is 2.33 bits per heavy atom. The molecule has 0 aliphatic heterocycles. The monoisotopic (exact) mass is 262 g/mol. The Morgan fingerprint density at radius 1 is 1.28 bits per heavy atom. The molecule has 0 aliphatic carbocycles. The molecule has 0 saturated carbocycles. The molecule has 0 rings (SSSR count). The maximum absolute atomic E-state index is 11.4. The number of rotatable bonds is 8. The van der Waals surface area contributed by atoms with Gasteiger partial charge in [-0.25, -0.2) is 4.79 Å². The zero-order chi connectivity index (χ0) is 14.2. The highest BCUT2D eigenvalue weighted by molar-refractivity contribution is 5.74. The summed E-state index contributed by atoms with van der Waals surface area (Å²) < 4.78 is 10.1. The van der Waals surface area contributed by atoms with Crippen molar-refractivity contribution >= 4 is 12.0 Å². The molecule has 0 fully saturated rings. The molecule has 0 saturated heterocycles. The van der Waals surface area contributed by atoms with E-state index in [2.05, 4.69) is 10.6 Å². The van der Waals surface area contributed by atoms with Gasteiger partial charge in [0.05, 0.1) is 18.1 Å². The van der Waals surface area contributed by atoms with E-state index >= 15 is 0 Å². The van der Waals surface area contributed by atoms with Gasteiger partial charge < -0.3 is 25.2 Å². The van der Waals surface area contributed by atoms with Crippen LogP contribution in [0, 0.1) is 0 Å². The third-order valence-corrected chi connectivity index (χ3v) is 2.45. The second-order valence-electron chi connectivity index (χ2n) is 4.48. The quantitative estimate of drug-likeness (QED) is 0.580. The van der Waals surface area contributed by atoms with Crippen LogP contribution in [0.1, 0.15) is 20.3 Å². The van der Waals surface area contributed by atoms with Gasteiger partial charge in [0.2, 0.25) is 0 Å². The molecule has 7 nitrogen and oxygen atoms in total. The highest BCUT2D eigenvalue weighted by atomic mass is 16.5. The maximum atomic E-state index is 11.4. The number of urea groups is 1. The fourth-order valence-electron chi connectivity index (χ4n) is 1.07. The molecular weight excluding hydrogens is 240 g/mol. The van der Waals surface area contributed by atoms with Crippen molar-refractivity contribution in [3.05, 3.63) is 0 Å². The Kier molecular flexibility index (Phi) is 7.30. The first-order chi connectivity index (χ1) is 8.30. The fraction of sp³-hybridized carbons (Fsp3) is 0.818. The molecule has 1 atom stereocenters. The van der Waals surface area contributed by atoms with E-state index in [1.165, 1.54) is 7.11 Å². The molecule has 18 heavy (non-hydrogen) atoms. The number of hydrogen-bond acceptors (Lipinski definition) is 4. The number of methoxy groups -OCH3 is 2. The van der Waals surface area contributed by atoms with E-state index < -0.39 is 17.7 Å². The van der Waals surface area contributed by atoms with Crippen molar-refractivity contribution in [3.8, 4) is 0 Å². The fourth-order valence-corrected chi connectivity index (χ4v) is 1.07. The summed E-state index contributed by atoms with van der Waals surface area (Å²) in [5, 5.41) is 13.8. The average Bonchev–Trinajstić information content (AvgIpc) is 2.31. The summed E-state index contributed by atoms with van der Waals surface area (Å²) in [4.78, 5) is 21.9. The number of nitrogens with one attached hydrogen (secondary N) is 2. The Morgan fingerprint density at radius 2 is 1.89 bits per heavy atom. The van der Waals surface area contributed by atoms with E-state index in [9.17, 15) is 9.59 Å². The van der Waals surface area contributed by atoms with Crippen LogP contribution >= 0.6 is 0 Å². The summed E-state index contributed by atoms with van der Waals surface area (Å²) >= 11 is 0. The first kappa shape index (κ1) is 16.7. The van der Waals surface area contributed by atoms with Gasteiger partial charge in [0.25, 0.3) is 0 Å². The van der Waals surface area contributed by atoms with Crippen LogP contribution in [0.3, 0.4) is 0 Å². The lowest BCUT2D eigenvalue weighted by Gasteiger charge is -2.23. The molecule has 3 N–H and O–H groups in total. The number of amides is 2. The van der Waals surface area contributed by atoms with Gasteiger partial charge in [0, 0.05) is 27.3 Å². The van der Waals surface area contributed by atoms with Gasteiger partial charge >= 0.3 is 12.0 Å². The van der Waals surface area contributed by atoms with Gasteiger partial charge in [-0.15, -0.1) is 0 Å². The predicted octanol–water partition coefficient (Wildman–Crippen LogP) is 0.200. The van der Waals surface area contributed by atoms with Crippen LogP contribution in [0.4, 0.5) is 4.79 Å². The van der Waals surface area contributed by atoms with Crippen LogP contribution in [-0.4, -0.2) is 56.1 Å². The SMILES string of the molecule is COC(CNC(=O)NCC(C)(C)OC)CC(=O)O. The minimum Gasteiger partial charge on any atom is -0.481 e. The molecule has 2 amide bonds. The molecule has 0 heterocycles. The Labute approximate surface area is 107 Å². The lowest BCUT2D eigenvalue weighted by atomic mass is 10.1. The highest BCUT2D eigenvalue weighted by Gasteiger charge is 2.18. The Hall–Kier alpha value is -1.34. The van der Waals surface area contributed by atoms with Gasteiger partial charge in [0.1, 0.15) is 0 Å². The highest BCUT2D eigenvalue weighted by Crippen LogP contribution is 2.04. The van der Waals surface area contributed by atoms with Crippen molar-refractivity contribution in [2.24, 2.45) is 0 Å². The number of aliphatic carboxylic acids is 1. The number of ether oxygens (including phenoxy) is 2. The molecule has 0 aromatic heterocycles. The molecular formula is C11H22N2O5. The first-order valence-corrected chi connectivity index (χ1v) is 5.62. The Bertz CT molecular complexity index is 281. The third-order valence-electron chi connectivity index (χ3n) is 2.45. The second kappa shape index (κ2) is 7.88. The normalized spacial score (nSPS) is 12.9. The minimum absolute atomic E-state index is 0.141. The third kappa shape index (κ3) is 7.86. The summed E-state index contributed by atoms with van der Waals surface area (Å²) in [6.45, 7) is 4.18.